The first kappa shape index (κ1) is 24.7. The van der Waals surface area contributed by atoms with E-state index in [9.17, 15) is 9.59 Å². The maximum absolute atomic E-state index is 13.4. The van der Waals surface area contributed by atoms with E-state index in [0.29, 0.717) is 25.1 Å². The Labute approximate surface area is 208 Å². The number of aryl methyl sites for hydroxylation is 1. The molecule has 1 N–H and O–H groups in total. The molecule has 0 spiro atoms. The fourth-order valence-electron chi connectivity index (χ4n) is 4.48. The highest BCUT2D eigenvalue weighted by atomic mass is 16.2. The monoisotopic (exact) mass is 469 g/mol. The Bertz CT molecular complexity index is 1090. The van der Waals surface area contributed by atoms with E-state index in [4.69, 9.17) is 0 Å². The van der Waals surface area contributed by atoms with Crippen LogP contribution >= 0.6 is 0 Å². The summed E-state index contributed by atoms with van der Waals surface area (Å²) in [7, 11) is 0. The van der Waals surface area contributed by atoms with E-state index in [-0.39, 0.29) is 11.8 Å². The van der Waals surface area contributed by atoms with Crippen molar-refractivity contribution in [2.75, 3.05) is 31.1 Å². The largest absolute Gasteiger partial charge is 0.355 e. The third kappa shape index (κ3) is 7.27. The summed E-state index contributed by atoms with van der Waals surface area (Å²) < 4.78 is 0. The molecule has 1 saturated heterocycles. The van der Waals surface area contributed by atoms with Crippen molar-refractivity contribution >= 4 is 17.5 Å². The van der Waals surface area contributed by atoms with Gasteiger partial charge >= 0.3 is 0 Å². The number of anilines is 1. The summed E-state index contributed by atoms with van der Waals surface area (Å²) in [5.41, 5.74) is 4.59. The molecule has 0 aromatic heterocycles. The zero-order valence-corrected chi connectivity index (χ0v) is 20.6. The normalized spacial score (nSPS) is 13.9. The molecule has 182 valence electrons. The molecule has 0 unspecified atom stereocenters. The van der Waals surface area contributed by atoms with Crippen LogP contribution in [-0.2, 0) is 17.8 Å². The molecular weight excluding hydrogens is 434 g/mol. The molecule has 0 saturated carbocycles. The summed E-state index contributed by atoms with van der Waals surface area (Å²) in [6.45, 7) is 6.37. The SMILES string of the molecule is Cc1ccc(C(=O)N(Cc2ccccc2)c2ccc(CC(=O)NCCN3CCCCC3)cc2)cc1. The number of nitrogens with zero attached hydrogens (tertiary/aromatic N) is 2. The van der Waals surface area contributed by atoms with Crippen molar-refractivity contribution < 1.29 is 9.59 Å². The Hall–Kier alpha value is -3.44. The van der Waals surface area contributed by atoms with Crippen molar-refractivity contribution in [3.05, 3.63) is 101 Å². The van der Waals surface area contributed by atoms with E-state index in [1.54, 1.807) is 4.90 Å². The predicted octanol–water partition coefficient (Wildman–Crippen LogP) is 4.99. The Kier molecular flexibility index (Phi) is 8.68. The molecular formula is C30H35N3O2. The van der Waals surface area contributed by atoms with E-state index in [0.717, 1.165) is 42.0 Å². The average Bonchev–Trinajstić information content (AvgIpc) is 2.89. The number of nitrogens with one attached hydrogen (secondary N) is 1. The van der Waals surface area contributed by atoms with Crippen LogP contribution in [0.5, 0.6) is 0 Å². The van der Waals surface area contributed by atoms with Gasteiger partial charge in [0.25, 0.3) is 5.91 Å². The molecule has 35 heavy (non-hydrogen) atoms. The maximum Gasteiger partial charge on any atom is 0.258 e. The van der Waals surface area contributed by atoms with Gasteiger partial charge in [-0.05, 0) is 68.2 Å². The molecule has 1 aliphatic heterocycles. The molecule has 0 atom stereocenters. The molecule has 5 nitrogen and oxygen atoms in total. The molecule has 1 aliphatic rings. The van der Waals surface area contributed by atoms with Crippen molar-refractivity contribution in [2.24, 2.45) is 0 Å². The highest BCUT2D eigenvalue weighted by Gasteiger charge is 2.18. The number of carbonyl (C=O) groups excluding carboxylic acids is 2. The lowest BCUT2D eigenvalue weighted by atomic mass is 10.1. The van der Waals surface area contributed by atoms with Crippen LogP contribution in [0.2, 0.25) is 0 Å². The number of hydrogen-bond donors (Lipinski definition) is 1. The zero-order valence-electron chi connectivity index (χ0n) is 20.6. The Balaban J connectivity index is 1.40. The second-order valence-corrected chi connectivity index (χ2v) is 9.34. The summed E-state index contributed by atoms with van der Waals surface area (Å²) in [6.07, 6.45) is 4.17. The minimum absolute atomic E-state index is 0.0339. The van der Waals surface area contributed by atoms with E-state index in [1.165, 1.54) is 19.3 Å². The first-order valence-electron chi connectivity index (χ1n) is 12.6. The lowest BCUT2D eigenvalue weighted by Crippen LogP contribution is -2.38. The number of piperidine rings is 1. The smallest absolute Gasteiger partial charge is 0.258 e. The summed E-state index contributed by atoms with van der Waals surface area (Å²) in [4.78, 5) is 30.1. The Morgan fingerprint density at radius 2 is 1.51 bits per heavy atom. The van der Waals surface area contributed by atoms with Gasteiger partial charge in [-0.1, -0.05) is 66.6 Å². The number of amides is 2. The summed E-state index contributed by atoms with van der Waals surface area (Å²) >= 11 is 0. The zero-order chi connectivity index (χ0) is 24.5. The number of rotatable bonds is 9. The molecule has 5 heteroatoms. The summed E-state index contributed by atoms with van der Waals surface area (Å²) in [5, 5.41) is 3.05. The van der Waals surface area contributed by atoms with Crippen LogP contribution in [0.25, 0.3) is 0 Å². The average molecular weight is 470 g/mol. The van der Waals surface area contributed by atoms with Crippen LogP contribution in [0.1, 0.15) is 46.3 Å². The number of carbonyl (C=O) groups is 2. The van der Waals surface area contributed by atoms with E-state index in [2.05, 4.69) is 10.2 Å². The maximum atomic E-state index is 13.4. The second-order valence-electron chi connectivity index (χ2n) is 9.34. The number of hydrogen-bond acceptors (Lipinski definition) is 3. The highest BCUT2D eigenvalue weighted by molar-refractivity contribution is 6.06. The lowest BCUT2D eigenvalue weighted by molar-refractivity contribution is -0.120. The predicted molar refractivity (Wildman–Crippen MR) is 142 cm³/mol. The van der Waals surface area contributed by atoms with E-state index < -0.39 is 0 Å². The number of benzene rings is 3. The van der Waals surface area contributed by atoms with Gasteiger partial charge in [-0.3, -0.25) is 9.59 Å². The minimum Gasteiger partial charge on any atom is -0.355 e. The molecule has 3 aromatic carbocycles. The molecule has 4 rings (SSSR count). The fraction of sp³-hybridized carbons (Fsp3) is 0.333. The van der Waals surface area contributed by atoms with Crippen molar-refractivity contribution in [3.8, 4) is 0 Å². The van der Waals surface area contributed by atoms with Crippen LogP contribution in [0.3, 0.4) is 0 Å². The standard InChI is InChI=1S/C30H35N3O2/c1-24-10-14-27(15-11-24)30(35)33(23-26-8-4-2-5-9-26)28-16-12-25(13-17-28)22-29(34)31-18-21-32-19-6-3-7-20-32/h2,4-5,8-17H,3,6-7,18-23H2,1H3,(H,31,34). The van der Waals surface area contributed by atoms with E-state index in [1.807, 2.05) is 85.8 Å². The van der Waals surface area contributed by atoms with Crippen LogP contribution in [-0.4, -0.2) is 42.9 Å². The first-order chi connectivity index (χ1) is 17.1. The van der Waals surface area contributed by atoms with Gasteiger partial charge in [0.05, 0.1) is 13.0 Å². The first-order valence-corrected chi connectivity index (χ1v) is 12.6. The Morgan fingerprint density at radius 1 is 0.829 bits per heavy atom. The Morgan fingerprint density at radius 3 is 2.20 bits per heavy atom. The summed E-state index contributed by atoms with van der Waals surface area (Å²) in [6, 6.07) is 25.4. The van der Waals surface area contributed by atoms with Gasteiger partial charge in [0, 0.05) is 24.3 Å². The van der Waals surface area contributed by atoms with Crippen LogP contribution < -0.4 is 10.2 Å². The van der Waals surface area contributed by atoms with Gasteiger partial charge in [-0.2, -0.15) is 0 Å². The molecule has 0 bridgehead atoms. The van der Waals surface area contributed by atoms with Gasteiger partial charge in [0.15, 0.2) is 0 Å². The van der Waals surface area contributed by atoms with Crippen LogP contribution in [0.4, 0.5) is 5.69 Å². The molecule has 0 radical (unpaired) electrons. The highest BCUT2D eigenvalue weighted by Crippen LogP contribution is 2.22. The summed E-state index contributed by atoms with van der Waals surface area (Å²) in [5.74, 6) is -0.0105. The third-order valence-electron chi connectivity index (χ3n) is 6.54. The van der Waals surface area contributed by atoms with Gasteiger partial charge in [-0.15, -0.1) is 0 Å². The lowest BCUT2D eigenvalue weighted by Gasteiger charge is -2.26. The number of likely N-dealkylation sites (tertiary alicyclic amines) is 1. The minimum atomic E-state index is -0.0444. The third-order valence-corrected chi connectivity index (χ3v) is 6.54. The van der Waals surface area contributed by atoms with Crippen LogP contribution in [0, 0.1) is 6.92 Å². The van der Waals surface area contributed by atoms with E-state index >= 15 is 0 Å². The van der Waals surface area contributed by atoms with Gasteiger partial charge in [-0.25, -0.2) is 0 Å². The van der Waals surface area contributed by atoms with Crippen molar-refractivity contribution in [3.63, 3.8) is 0 Å². The molecule has 2 amide bonds. The fourth-order valence-corrected chi connectivity index (χ4v) is 4.48. The molecule has 1 fully saturated rings. The second kappa shape index (κ2) is 12.3. The molecule has 1 heterocycles. The van der Waals surface area contributed by atoms with Crippen molar-refractivity contribution in [2.45, 2.75) is 39.2 Å². The molecule has 3 aromatic rings. The topological polar surface area (TPSA) is 52.7 Å². The quantitative estimate of drug-likeness (QED) is 0.481. The molecule has 0 aliphatic carbocycles. The van der Waals surface area contributed by atoms with Crippen molar-refractivity contribution in [1.29, 1.82) is 0 Å². The van der Waals surface area contributed by atoms with Gasteiger partial charge in [0.2, 0.25) is 5.91 Å². The van der Waals surface area contributed by atoms with Gasteiger partial charge < -0.3 is 15.1 Å². The van der Waals surface area contributed by atoms with Gasteiger partial charge in [0.1, 0.15) is 0 Å². The van der Waals surface area contributed by atoms with Crippen molar-refractivity contribution in [1.82, 2.24) is 10.2 Å². The van der Waals surface area contributed by atoms with Crippen LogP contribution in [0.15, 0.2) is 78.9 Å².